The molecule has 0 spiro atoms. The first-order valence-corrected chi connectivity index (χ1v) is 7.95. The molecule has 0 bridgehead atoms. The van der Waals surface area contributed by atoms with E-state index in [0.717, 1.165) is 24.5 Å². The maximum atomic E-state index is 12.2. The lowest BCUT2D eigenvalue weighted by Crippen LogP contribution is -2.37. The van der Waals surface area contributed by atoms with Gasteiger partial charge in [-0.3, -0.25) is 4.79 Å². The normalized spacial score (nSPS) is 10.8. The zero-order chi connectivity index (χ0) is 16.7. The van der Waals surface area contributed by atoms with Crippen LogP contribution >= 0.6 is 24.8 Å². The van der Waals surface area contributed by atoms with Crippen LogP contribution in [0.5, 0.6) is 0 Å². The van der Waals surface area contributed by atoms with Crippen molar-refractivity contribution in [3.63, 3.8) is 0 Å². The van der Waals surface area contributed by atoms with Crippen molar-refractivity contribution in [1.29, 1.82) is 0 Å². The molecule has 0 radical (unpaired) electrons. The molecule has 0 saturated heterocycles. The van der Waals surface area contributed by atoms with Crippen LogP contribution in [0.2, 0.25) is 0 Å². The van der Waals surface area contributed by atoms with Crippen molar-refractivity contribution >= 4 is 42.2 Å². The van der Waals surface area contributed by atoms with E-state index in [1.165, 1.54) is 0 Å². The Morgan fingerprint density at radius 1 is 1.12 bits per heavy atom. The highest BCUT2D eigenvalue weighted by molar-refractivity contribution is 5.94. The standard InChI is InChI=1S/C18H24N4O.2ClH/c1-3-22(4-2)17-11-10-15(13-20-17)21-18(23)16(19)12-14-8-6-5-7-9-14;;/h5-11,13,16H,3-4,12,19H2,1-2H3,(H,21,23);2*1H/t16-;;/m0../s1. The van der Waals surface area contributed by atoms with Gasteiger partial charge in [0.1, 0.15) is 5.82 Å². The fraction of sp³-hybridized carbons (Fsp3) is 0.333. The van der Waals surface area contributed by atoms with E-state index in [9.17, 15) is 4.79 Å². The molecule has 0 aliphatic carbocycles. The van der Waals surface area contributed by atoms with Crippen molar-refractivity contribution in [3.8, 4) is 0 Å². The minimum absolute atomic E-state index is 0. The summed E-state index contributed by atoms with van der Waals surface area (Å²) >= 11 is 0. The maximum Gasteiger partial charge on any atom is 0.241 e. The molecular weight excluding hydrogens is 359 g/mol. The summed E-state index contributed by atoms with van der Waals surface area (Å²) < 4.78 is 0. The smallest absolute Gasteiger partial charge is 0.241 e. The molecule has 1 aromatic carbocycles. The molecule has 1 amide bonds. The number of nitrogens with two attached hydrogens (primary N) is 1. The van der Waals surface area contributed by atoms with Gasteiger partial charge in [-0.2, -0.15) is 0 Å². The minimum Gasteiger partial charge on any atom is -0.357 e. The Morgan fingerprint density at radius 3 is 2.28 bits per heavy atom. The average Bonchev–Trinajstić information content (AvgIpc) is 2.58. The first-order chi connectivity index (χ1) is 11.1. The highest BCUT2D eigenvalue weighted by Gasteiger charge is 2.14. The summed E-state index contributed by atoms with van der Waals surface area (Å²) in [6.45, 7) is 5.97. The Hall–Kier alpha value is -1.82. The first kappa shape index (κ1) is 23.2. The van der Waals surface area contributed by atoms with Gasteiger partial charge >= 0.3 is 0 Å². The molecule has 2 aromatic rings. The molecule has 2 rings (SSSR count). The van der Waals surface area contributed by atoms with Crippen LogP contribution in [0, 0.1) is 0 Å². The number of hydrogen-bond donors (Lipinski definition) is 2. The number of nitrogens with zero attached hydrogens (tertiary/aromatic N) is 2. The lowest BCUT2D eigenvalue weighted by molar-refractivity contribution is -0.117. The van der Waals surface area contributed by atoms with E-state index < -0.39 is 6.04 Å². The number of aromatic nitrogens is 1. The molecule has 25 heavy (non-hydrogen) atoms. The second kappa shape index (κ2) is 11.7. The van der Waals surface area contributed by atoms with Crippen LogP contribution in [0.4, 0.5) is 11.5 Å². The summed E-state index contributed by atoms with van der Waals surface area (Å²) in [5, 5.41) is 2.82. The molecule has 0 aliphatic heterocycles. The number of nitrogens with one attached hydrogen (secondary N) is 1. The number of carbonyl (C=O) groups is 1. The highest BCUT2D eigenvalue weighted by atomic mass is 35.5. The Kier molecular flexibility index (Phi) is 10.8. The Balaban J connectivity index is 0.00000288. The van der Waals surface area contributed by atoms with E-state index in [4.69, 9.17) is 5.73 Å². The van der Waals surface area contributed by atoms with Gasteiger partial charge < -0.3 is 16.0 Å². The van der Waals surface area contributed by atoms with Gasteiger partial charge in [-0.25, -0.2) is 4.98 Å². The number of benzene rings is 1. The van der Waals surface area contributed by atoms with Gasteiger partial charge in [-0.1, -0.05) is 30.3 Å². The van der Waals surface area contributed by atoms with Gasteiger partial charge in [0.05, 0.1) is 17.9 Å². The molecule has 5 nitrogen and oxygen atoms in total. The van der Waals surface area contributed by atoms with Crippen molar-refractivity contribution in [2.24, 2.45) is 5.73 Å². The Bertz CT molecular complexity index is 619. The summed E-state index contributed by atoms with van der Waals surface area (Å²) in [7, 11) is 0. The molecule has 0 fully saturated rings. The third-order valence-corrected chi connectivity index (χ3v) is 3.74. The zero-order valence-corrected chi connectivity index (χ0v) is 16.1. The predicted molar refractivity (Wildman–Crippen MR) is 109 cm³/mol. The third kappa shape index (κ3) is 6.90. The van der Waals surface area contributed by atoms with Crippen LogP contribution in [0.15, 0.2) is 48.7 Å². The molecule has 1 atom stereocenters. The summed E-state index contributed by atoms with van der Waals surface area (Å²) in [5.41, 5.74) is 7.69. The third-order valence-electron chi connectivity index (χ3n) is 3.74. The number of pyridine rings is 1. The van der Waals surface area contributed by atoms with Crippen LogP contribution < -0.4 is 16.0 Å². The van der Waals surface area contributed by atoms with Crippen molar-refractivity contribution < 1.29 is 4.79 Å². The molecule has 1 heterocycles. The molecule has 1 aromatic heterocycles. The van der Waals surface area contributed by atoms with Crippen LogP contribution in [0.3, 0.4) is 0 Å². The van der Waals surface area contributed by atoms with Crippen molar-refractivity contribution in [1.82, 2.24) is 4.98 Å². The lowest BCUT2D eigenvalue weighted by atomic mass is 10.1. The van der Waals surface area contributed by atoms with Crippen molar-refractivity contribution in [2.75, 3.05) is 23.3 Å². The van der Waals surface area contributed by atoms with E-state index in [1.54, 1.807) is 6.20 Å². The van der Waals surface area contributed by atoms with Gasteiger partial charge in [0.2, 0.25) is 5.91 Å². The molecule has 0 saturated carbocycles. The number of halogens is 2. The minimum atomic E-state index is -0.583. The summed E-state index contributed by atoms with van der Waals surface area (Å²) in [6.07, 6.45) is 2.18. The van der Waals surface area contributed by atoms with Crippen LogP contribution in [-0.2, 0) is 11.2 Å². The van der Waals surface area contributed by atoms with E-state index in [-0.39, 0.29) is 30.7 Å². The fourth-order valence-corrected chi connectivity index (χ4v) is 2.39. The van der Waals surface area contributed by atoms with Crippen molar-refractivity contribution in [2.45, 2.75) is 26.3 Å². The SMILES string of the molecule is CCN(CC)c1ccc(NC(=O)[C@@H](N)Cc2ccccc2)cn1.Cl.Cl. The fourth-order valence-electron chi connectivity index (χ4n) is 2.39. The van der Waals surface area contributed by atoms with Gasteiger partial charge in [0, 0.05) is 13.1 Å². The Labute approximate surface area is 161 Å². The number of amides is 1. The molecule has 0 unspecified atom stereocenters. The summed E-state index contributed by atoms with van der Waals surface area (Å²) in [6, 6.07) is 12.9. The largest absolute Gasteiger partial charge is 0.357 e. The number of hydrogen-bond acceptors (Lipinski definition) is 4. The molecule has 3 N–H and O–H groups in total. The topological polar surface area (TPSA) is 71.2 Å². The van der Waals surface area contributed by atoms with Crippen LogP contribution in [0.25, 0.3) is 0 Å². The molecule has 7 heteroatoms. The monoisotopic (exact) mass is 384 g/mol. The van der Waals surface area contributed by atoms with Crippen LogP contribution in [0.1, 0.15) is 19.4 Å². The first-order valence-electron chi connectivity index (χ1n) is 7.95. The van der Waals surface area contributed by atoms with Crippen LogP contribution in [-0.4, -0.2) is 30.0 Å². The predicted octanol–water partition coefficient (Wildman–Crippen LogP) is 3.28. The molecule has 138 valence electrons. The van der Waals surface area contributed by atoms with Gasteiger partial charge in [-0.15, -0.1) is 24.8 Å². The molecular formula is C18H26Cl2N4O. The average molecular weight is 385 g/mol. The second-order valence-electron chi connectivity index (χ2n) is 5.36. The summed E-state index contributed by atoms with van der Waals surface area (Å²) in [5.74, 6) is 0.702. The van der Waals surface area contributed by atoms with Gasteiger partial charge in [0.15, 0.2) is 0 Å². The highest BCUT2D eigenvalue weighted by Crippen LogP contribution is 2.14. The van der Waals surface area contributed by atoms with E-state index >= 15 is 0 Å². The lowest BCUT2D eigenvalue weighted by Gasteiger charge is -2.20. The Morgan fingerprint density at radius 2 is 1.76 bits per heavy atom. The molecule has 0 aliphatic rings. The van der Waals surface area contributed by atoms with Gasteiger partial charge in [0.25, 0.3) is 0 Å². The van der Waals surface area contributed by atoms with E-state index in [2.05, 4.69) is 29.0 Å². The van der Waals surface area contributed by atoms with Gasteiger partial charge in [-0.05, 0) is 38.0 Å². The number of rotatable bonds is 7. The van der Waals surface area contributed by atoms with E-state index in [0.29, 0.717) is 12.1 Å². The zero-order valence-electron chi connectivity index (χ0n) is 14.5. The number of carbonyl (C=O) groups excluding carboxylic acids is 1. The quantitative estimate of drug-likeness (QED) is 0.768. The van der Waals surface area contributed by atoms with E-state index in [1.807, 2.05) is 42.5 Å². The maximum absolute atomic E-state index is 12.2. The number of anilines is 2. The van der Waals surface area contributed by atoms with Crippen molar-refractivity contribution in [3.05, 3.63) is 54.2 Å². The second-order valence-corrected chi connectivity index (χ2v) is 5.36. The summed E-state index contributed by atoms with van der Waals surface area (Å²) in [4.78, 5) is 18.7.